The van der Waals surface area contributed by atoms with Gasteiger partial charge in [0.05, 0.1) is 4.92 Å². The lowest BCUT2D eigenvalue weighted by molar-refractivity contribution is -0.384. The molecule has 0 atom stereocenters. The molecule has 0 saturated carbocycles. The van der Waals surface area contributed by atoms with Crippen LogP contribution in [-0.2, 0) is 9.33 Å². The number of hydrogen-bond acceptors (Lipinski definition) is 4. The third-order valence-corrected chi connectivity index (χ3v) is 2.19. The molecule has 8 heteroatoms. The van der Waals surface area contributed by atoms with Crippen molar-refractivity contribution in [2.24, 2.45) is 0 Å². The van der Waals surface area contributed by atoms with Gasteiger partial charge in [-0.3, -0.25) is 14.7 Å². The van der Waals surface area contributed by atoms with Gasteiger partial charge in [-0.1, -0.05) is 30.3 Å². The number of hydrogen-bond donors (Lipinski definition) is 1. The van der Waals surface area contributed by atoms with Crippen LogP contribution in [0.5, 0.6) is 0 Å². The van der Waals surface area contributed by atoms with Gasteiger partial charge in [-0.25, -0.2) is 0 Å². The highest BCUT2D eigenvalue weighted by Crippen LogP contribution is 2.21. The topological polar surface area (TPSA) is 97.5 Å². The van der Waals surface area contributed by atoms with Gasteiger partial charge in [0.15, 0.2) is 0 Å². The standard InChI is InChI=1S/C12H9NO2.ClHO3S/c14-13(15)12-8-6-11(7-9-12)10-4-2-1-3-5-10;1-5(2,3)4/h1-9H;(H,2,3,4). The van der Waals surface area contributed by atoms with Crippen LogP contribution in [0.15, 0.2) is 54.6 Å². The van der Waals surface area contributed by atoms with Gasteiger partial charge in [0, 0.05) is 22.8 Å². The highest BCUT2D eigenvalue weighted by atomic mass is 35.7. The Hall–Kier alpha value is -1.96. The Labute approximate surface area is 120 Å². The maximum Gasteiger partial charge on any atom is 0.353 e. The summed E-state index contributed by atoms with van der Waals surface area (Å²) in [4.78, 5) is 10.1. The molecule has 0 aromatic heterocycles. The fourth-order valence-corrected chi connectivity index (χ4v) is 1.41. The summed E-state index contributed by atoms with van der Waals surface area (Å²) in [6.45, 7) is 0. The molecule has 0 amide bonds. The Bertz CT molecular complexity index is 663. The van der Waals surface area contributed by atoms with E-state index in [1.54, 1.807) is 12.1 Å². The number of nitrogens with zero attached hydrogens (tertiary/aromatic N) is 1. The third kappa shape index (κ3) is 6.28. The fraction of sp³-hybridized carbons (Fsp3) is 0. The van der Waals surface area contributed by atoms with E-state index in [0.29, 0.717) is 0 Å². The van der Waals surface area contributed by atoms with Gasteiger partial charge >= 0.3 is 9.33 Å². The molecule has 0 saturated heterocycles. The molecule has 2 aromatic rings. The third-order valence-electron chi connectivity index (χ3n) is 2.19. The van der Waals surface area contributed by atoms with Crippen molar-refractivity contribution in [1.29, 1.82) is 0 Å². The molecular weight excluding hydrogens is 306 g/mol. The van der Waals surface area contributed by atoms with Gasteiger partial charge < -0.3 is 0 Å². The van der Waals surface area contributed by atoms with Crippen LogP contribution < -0.4 is 0 Å². The minimum atomic E-state index is -4.19. The van der Waals surface area contributed by atoms with E-state index in [-0.39, 0.29) is 5.69 Å². The molecule has 2 aromatic carbocycles. The fourth-order valence-electron chi connectivity index (χ4n) is 1.41. The van der Waals surface area contributed by atoms with Gasteiger partial charge in [-0.2, -0.15) is 8.42 Å². The van der Waals surface area contributed by atoms with E-state index < -0.39 is 14.3 Å². The summed E-state index contributed by atoms with van der Waals surface area (Å²) in [5.74, 6) is 0. The number of halogens is 1. The summed E-state index contributed by atoms with van der Waals surface area (Å²) in [7, 11) is -0.137. The number of nitro benzene ring substituents is 1. The van der Waals surface area contributed by atoms with E-state index in [2.05, 4.69) is 10.7 Å². The molecule has 0 heterocycles. The highest BCUT2D eigenvalue weighted by molar-refractivity contribution is 8.09. The van der Waals surface area contributed by atoms with Crippen molar-refractivity contribution in [3.63, 3.8) is 0 Å². The first-order valence-electron chi connectivity index (χ1n) is 5.24. The van der Waals surface area contributed by atoms with Crippen LogP contribution in [0.2, 0.25) is 0 Å². The molecule has 20 heavy (non-hydrogen) atoms. The van der Waals surface area contributed by atoms with Crippen molar-refractivity contribution < 1.29 is 17.9 Å². The van der Waals surface area contributed by atoms with Crippen LogP contribution in [0, 0.1) is 10.1 Å². The first-order valence-corrected chi connectivity index (χ1v) is 7.51. The molecule has 2 rings (SSSR count). The van der Waals surface area contributed by atoms with Gasteiger partial charge in [-0.15, -0.1) is 0 Å². The minimum absolute atomic E-state index is 0.120. The molecule has 106 valence electrons. The predicted octanol–water partition coefficient (Wildman–Crippen LogP) is 3.29. The summed E-state index contributed by atoms with van der Waals surface area (Å²) in [5, 5.41) is 10.5. The number of nitro groups is 1. The van der Waals surface area contributed by atoms with Gasteiger partial charge in [0.25, 0.3) is 5.69 Å². The molecule has 1 N–H and O–H groups in total. The second-order valence-electron chi connectivity index (χ2n) is 3.58. The number of benzene rings is 2. The van der Waals surface area contributed by atoms with Crippen LogP contribution in [0.25, 0.3) is 11.1 Å². The van der Waals surface area contributed by atoms with E-state index in [1.165, 1.54) is 12.1 Å². The molecule has 0 bridgehead atoms. The zero-order chi connectivity index (χ0) is 15.2. The van der Waals surface area contributed by atoms with E-state index >= 15 is 0 Å². The van der Waals surface area contributed by atoms with Crippen molar-refractivity contribution in [2.75, 3.05) is 0 Å². The zero-order valence-electron chi connectivity index (χ0n) is 10.0. The molecule has 0 fully saturated rings. The summed E-state index contributed by atoms with van der Waals surface area (Å²) in [5.41, 5.74) is 2.17. The van der Waals surface area contributed by atoms with E-state index in [4.69, 9.17) is 13.0 Å². The molecule has 0 spiro atoms. The van der Waals surface area contributed by atoms with Crippen LogP contribution in [0.4, 0.5) is 5.69 Å². The Morgan fingerprint density at radius 3 is 1.75 bits per heavy atom. The molecule has 0 radical (unpaired) electrons. The van der Waals surface area contributed by atoms with Crippen molar-refractivity contribution in [3.05, 3.63) is 64.7 Å². The first-order chi connectivity index (χ1) is 9.27. The number of non-ortho nitro benzene ring substituents is 1. The Morgan fingerprint density at radius 1 is 0.950 bits per heavy atom. The molecule has 6 nitrogen and oxygen atoms in total. The maximum atomic E-state index is 10.5. The predicted molar refractivity (Wildman–Crippen MR) is 75.9 cm³/mol. The molecular formula is C12H10ClNO5S. The normalized spacial score (nSPS) is 10.3. The van der Waals surface area contributed by atoms with E-state index in [0.717, 1.165) is 11.1 Å². The maximum absolute atomic E-state index is 10.5. The molecule has 0 unspecified atom stereocenters. The summed E-state index contributed by atoms with van der Waals surface area (Å²) >= 11 is 0. The highest BCUT2D eigenvalue weighted by Gasteiger charge is 2.04. The van der Waals surface area contributed by atoms with Crippen LogP contribution in [0.3, 0.4) is 0 Å². The van der Waals surface area contributed by atoms with E-state index in [1.807, 2.05) is 30.3 Å². The van der Waals surface area contributed by atoms with Crippen molar-refractivity contribution >= 4 is 25.7 Å². The lowest BCUT2D eigenvalue weighted by Gasteiger charge is -1.99. The molecule has 0 aliphatic rings. The summed E-state index contributed by atoms with van der Waals surface area (Å²) < 4.78 is 25.2. The monoisotopic (exact) mass is 315 g/mol. The van der Waals surface area contributed by atoms with Gasteiger partial charge in [-0.05, 0) is 23.3 Å². The SMILES string of the molecule is O=S(=O)(O)Cl.O=[N+]([O-])c1ccc(-c2ccccc2)cc1. The van der Waals surface area contributed by atoms with Crippen LogP contribution >= 0.6 is 10.7 Å². The van der Waals surface area contributed by atoms with Crippen LogP contribution in [0.1, 0.15) is 0 Å². The van der Waals surface area contributed by atoms with E-state index in [9.17, 15) is 10.1 Å². The quantitative estimate of drug-likeness (QED) is 0.397. The van der Waals surface area contributed by atoms with Crippen LogP contribution in [-0.4, -0.2) is 17.9 Å². The molecule has 0 aliphatic carbocycles. The average molecular weight is 316 g/mol. The Morgan fingerprint density at radius 2 is 1.35 bits per heavy atom. The summed E-state index contributed by atoms with van der Waals surface area (Å²) in [6.07, 6.45) is 0. The minimum Gasteiger partial charge on any atom is -0.273 e. The second kappa shape index (κ2) is 6.99. The van der Waals surface area contributed by atoms with Crippen molar-refractivity contribution in [3.8, 4) is 11.1 Å². The second-order valence-corrected chi connectivity index (χ2v) is 5.58. The zero-order valence-corrected chi connectivity index (χ0v) is 11.6. The smallest absolute Gasteiger partial charge is 0.273 e. The lowest BCUT2D eigenvalue weighted by Crippen LogP contribution is -1.86. The van der Waals surface area contributed by atoms with Gasteiger partial charge in [0.1, 0.15) is 0 Å². The average Bonchev–Trinajstić information content (AvgIpc) is 2.38. The Kier molecular flexibility index (Phi) is 5.63. The molecule has 0 aliphatic heterocycles. The van der Waals surface area contributed by atoms with Crippen molar-refractivity contribution in [1.82, 2.24) is 0 Å². The summed E-state index contributed by atoms with van der Waals surface area (Å²) in [6, 6.07) is 16.3. The van der Waals surface area contributed by atoms with Gasteiger partial charge in [0.2, 0.25) is 0 Å². The first kappa shape index (κ1) is 16.1. The lowest BCUT2D eigenvalue weighted by atomic mass is 10.1. The largest absolute Gasteiger partial charge is 0.353 e. The number of rotatable bonds is 2. The Balaban J connectivity index is 0.000000347. The van der Waals surface area contributed by atoms with Crippen molar-refractivity contribution in [2.45, 2.75) is 0 Å².